The lowest BCUT2D eigenvalue weighted by atomic mass is 10.3. The zero-order valence-electron chi connectivity index (χ0n) is 13.9. The van der Waals surface area contributed by atoms with Crippen LogP contribution in [0, 0.1) is 0 Å². The molecule has 26 heavy (non-hydrogen) atoms. The number of rotatable bonds is 7. The van der Waals surface area contributed by atoms with Crippen molar-refractivity contribution in [3.8, 4) is 11.6 Å². The maximum atomic E-state index is 12.2. The van der Waals surface area contributed by atoms with Crippen LogP contribution < -0.4 is 5.32 Å². The molecule has 0 radical (unpaired) electrons. The van der Waals surface area contributed by atoms with Crippen LogP contribution in [-0.2, 0) is 11.3 Å². The molecular weight excluding hydrogens is 395 g/mol. The van der Waals surface area contributed by atoms with Gasteiger partial charge in [-0.05, 0) is 31.2 Å². The van der Waals surface area contributed by atoms with E-state index in [4.69, 9.17) is 27.6 Å². The number of furan rings is 1. The first-order chi connectivity index (χ1) is 12.6. The van der Waals surface area contributed by atoms with E-state index in [2.05, 4.69) is 15.5 Å². The van der Waals surface area contributed by atoms with Crippen LogP contribution in [-0.4, -0.2) is 26.4 Å². The Hall–Kier alpha value is -1.96. The van der Waals surface area contributed by atoms with Gasteiger partial charge < -0.3 is 9.73 Å². The Morgan fingerprint density at radius 2 is 2.00 bits per heavy atom. The number of hydrogen-bond acceptors (Lipinski definition) is 5. The molecule has 0 spiro atoms. The number of carbonyl (C=O) groups excluding carboxylic acids is 1. The Morgan fingerprint density at radius 1 is 1.23 bits per heavy atom. The minimum absolute atomic E-state index is 0.165. The highest BCUT2D eigenvalue weighted by Gasteiger charge is 2.16. The van der Waals surface area contributed by atoms with Crippen molar-refractivity contribution in [2.75, 3.05) is 11.1 Å². The highest BCUT2D eigenvalue weighted by atomic mass is 35.5. The quantitative estimate of drug-likeness (QED) is 0.555. The number of halogens is 2. The first-order valence-electron chi connectivity index (χ1n) is 7.94. The van der Waals surface area contributed by atoms with E-state index >= 15 is 0 Å². The standard InChI is InChI=1S/C17H16Cl2N4O2S/c1-2-23-16(13-7-4-9-25-13)21-22-17(23)26-10-8-14(24)20-15-11(18)5-3-6-12(15)19/h3-7,9H,2,8,10H2,1H3,(H,20,24). The van der Waals surface area contributed by atoms with E-state index in [-0.39, 0.29) is 5.91 Å². The summed E-state index contributed by atoms with van der Waals surface area (Å²) in [6.45, 7) is 2.71. The molecule has 0 fully saturated rings. The summed E-state index contributed by atoms with van der Waals surface area (Å²) in [5.41, 5.74) is 0.433. The molecule has 0 saturated heterocycles. The number of anilines is 1. The summed E-state index contributed by atoms with van der Waals surface area (Å²) in [6, 6.07) is 8.73. The highest BCUT2D eigenvalue weighted by molar-refractivity contribution is 7.99. The van der Waals surface area contributed by atoms with E-state index in [0.717, 1.165) is 5.16 Å². The van der Waals surface area contributed by atoms with Crippen molar-refractivity contribution in [2.24, 2.45) is 0 Å². The maximum absolute atomic E-state index is 12.2. The maximum Gasteiger partial charge on any atom is 0.225 e. The van der Waals surface area contributed by atoms with E-state index in [9.17, 15) is 4.79 Å². The van der Waals surface area contributed by atoms with Gasteiger partial charge in [0.15, 0.2) is 16.7 Å². The van der Waals surface area contributed by atoms with Crippen molar-refractivity contribution in [3.05, 3.63) is 46.6 Å². The topological polar surface area (TPSA) is 73.0 Å². The third-order valence-electron chi connectivity index (χ3n) is 3.56. The number of para-hydroxylation sites is 1. The van der Waals surface area contributed by atoms with Crippen LogP contribution in [0.25, 0.3) is 11.6 Å². The average Bonchev–Trinajstić information content (AvgIpc) is 3.27. The first kappa shape index (κ1) is 18.8. The van der Waals surface area contributed by atoms with Gasteiger partial charge >= 0.3 is 0 Å². The normalized spacial score (nSPS) is 10.9. The smallest absolute Gasteiger partial charge is 0.225 e. The number of carbonyl (C=O) groups is 1. The molecule has 0 atom stereocenters. The summed E-state index contributed by atoms with van der Waals surface area (Å²) in [5, 5.41) is 12.7. The predicted molar refractivity (Wildman–Crippen MR) is 104 cm³/mol. The zero-order chi connectivity index (χ0) is 18.5. The van der Waals surface area contributed by atoms with Crippen molar-refractivity contribution in [3.63, 3.8) is 0 Å². The minimum atomic E-state index is -0.165. The molecule has 9 heteroatoms. The number of nitrogens with one attached hydrogen (secondary N) is 1. The second-order valence-corrected chi connectivity index (χ2v) is 7.15. The lowest BCUT2D eigenvalue weighted by molar-refractivity contribution is -0.115. The SMILES string of the molecule is CCn1c(SCCC(=O)Nc2c(Cl)cccc2Cl)nnc1-c1ccco1. The molecule has 6 nitrogen and oxygen atoms in total. The van der Waals surface area contributed by atoms with Crippen LogP contribution in [0.5, 0.6) is 0 Å². The average molecular weight is 411 g/mol. The Labute approximate surface area is 164 Å². The molecule has 1 aromatic carbocycles. The Morgan fingerprint density at radius 3 is 2.65 bits per heavy atom. The summed E-state index contributed by atoms with van der Waals surface area (Å²) in [6.07, 6.45) is 1.89. The van der Waals surface area contributed by atoms with E-state index in [1.165, 1.54) is 11.8 Å². The fourth-order valence-electron chi connectivity index (χ4n) is 2.32. The Kier molecular flexibility index (Phi) is 6.24. The molecule has 1 N–H and O–H groups in total. The van der Waals surface area contributed by atoms with Crippen molar-refractivity contribution >= 4 is 46.6 Å². The van der Waals surface area contributed by atoms with Gasteiger partial charge in [-0.2, -0.15) is 0 Å². The second kappa shape index (κ2) is 8.62. The van der Waals surface area contributed by atoms with E-state index in [1.54, 1.807) is 30.5 Å². The van der Waals surface area contributed by atoms with Crippen LogP contribution in [0.2, 0.25) is 10.0 Å². The summed E-state index contributed by atoms with van der Waals surface area (Å²) in [5.74, 6) is 1.72. The molecule has 0 bridgehead atoms. The number of hydrogen-bond donors (Lipinski definition) is 1. The largest absolute Gasteiger partial charge is 0.461 e. The summed E-state index contributed by atoms with van der Waals surface area (Å²) in [7, 11) is 0. The molecule has 0 aliphatic rings. The predicted octanol–water partition coefficient (Wildman–Crippen LogP) is 4.99. The molecular formula is C17H16Cl2N4O2S. The van der Waals surface area contributed by atoms with Gasteiger partial charge in [-0.3, -0.25) is 9.36 Å². The van der Waals surface area contributed by atoms with Crippen LogP contribution in [0.1, 0.15) is 13.3 Å². The molecule has 3 aromatic rings. The highest BCUT2D eigenvalue weighted by Crippen LogP contribution is 2.30. The molecule has 0 aliphatic heterocycles. The van der Waals surface area contributed by atoms with E-state index in [1.807, 2.05) is 17.6 Å². The van der Waals surface area contributed by atoms with Crippen molar-refractivity contribution in [1.82, 2.24) is 14.8 Å². The van der Waals surface area contributed by atoms with Crippen LogP contribution >= 0.6 is 35.0 Å². The molecule has 0 unspecified atom stereocenters. The third kappa shape index (κ3) is 4.23. The summed E-state index contributed by atoms with van der Waals surface area (Å²) in [4.78, 5) is 12.2. The molecule has 1 amide bonds. The molecule has 2 heterocycles. The number of amides is 1. The Bertz CT molecular complexity index is 876. The van der Waals surface area contributed by atoms with Gasteiger partial charge in [0, 0.05) is 18.7 Å². The Balaban J connectivity index is 1.59. The van der Waals surface area contributed by atoms with Gasteiger partial charge in [-0.25, -0.2) is 0 Å². The molecule has 2 aromatic heterocycles. The van der Waals surface area contributed by atoms with Crippen molar-refractivity contribution < 1.29 is 9.21 Å². The minimum Gasteiger partial charge on any atom is -0.461 e. The molecule has 136 valence electrons. The van der Waals surface area contributed by atoms with Crippen molar-refractivity contribution in [2.45, 2.75) is 25.0 Å². The van der Waals surface area contributed by atoms with Crippen LogP contribution in [0.15, 0.2) is 46.2 Å². The lowest BCUT2D eigenvalue weighted by Crippen LogP contribution is -2.13. The monoisotopic (exact) mass is 410 g/mol. The second-order valence-electron chi connectivity index (χ2n) is 5.27. The summed E-state index contributed by atoms with van der Waals surface area (Å²) < 4.78 is 7.34. The first-order valence-corrected chi connectivity index (χ1v) is 9.68. The van der Waals surface area contributed by atoms with Gasteiger partial charge in [0.2, 0.25) is 5.91 Å². The fourth-order valence-corrected chi connectivity index (χ4v) is 3.75. The van der Waals surface area contributed by atoms with Gasteiger partial charge in [0.1, 0.15) is 0 Å². The van der Waals surface area contributed by atoms with E-state index in [0.29, 0.717) is 46.0 Å². The molecule has 3 rings (SSSR count). The number of aromatic nitrogens is 3. The number of benzene rings is 1. The lowest BCUT2D eigenvalue weighted by Gasteiger charge is -2.09. The molecule has 0 aliphatic carbocycles. The number of thioether (sulfide) groups is 1. The summed E-state index contributed by atoms with van der Waals surface area (Å²) >= 11 is 13.6. The van der Waals surface area contributed by atoms with Crippen LogP contribution in [0.3, 0.4) is 0 Å². The van der Waals surface area contributed by atoms with Gasteiger partial charge in [-0.1, -0.05) is 41.0 Å². The van der Waals surface area contributed by atoms with Crippen molar-refractivity contribution in [1.29, 1.82) is 0 Å². The van der Waals surface area contributed by atoms with Gasteiger partial charge in [0.25, 0.3) is 0 Å². The van der Waals surface area contributed by atoms with E-state index < -0.39 is 0 Å². The van der Waals surface area contributed by atoms with Crippen LogP contribution in [0.4, 0.5) is 5.69 Å². The number of nitrogens with zero attached hydrogens (tertiary/aromatic N) is 3. The zero-order valence-corrected chi connectivity index (χ0v) is 16.2. The fraction of sp³-hybridized carbons (Fsp3) is 0.235. The molecule has 0 saturated carbocycles. The van der Waals surface area contributed by atoms with Gasteiger partial charge in [0.05, 0.1) is 22.0 Å². The third-order valence-corrected chi connectivity index (χ3v) is 5.16. The van der Waals surface area contributed by atoms with Gasteiger partial charge in [-0.15, -0.1) is 10.2 Å².